The number of nitrogens with one attached hydrogen (secondary N) is 1. The molecule has 2 nitrogen and oxygen atoms in total. The van der Waals surface area contributed by atoms with E-state index in [1.54, 1.807) is 6.08 Å². The monoisotopic (exact) mass is 281 g/mol. The van der Waals surface area contributed by atoms with Gasteiger partial charge in [0, 0.05) is 12.1 Å². The van der Waals surface area contributed by atoms with Crippen molar-refractivity contribution < 1.29 is 4.74 Å². The largest absolute Gasteiger partial charge is 0.489 e. The van der Waals surface area contributed by atoms with Gasteiger partial charge in [-0.1, -0.05) is 37.6 Å². The number of hydrogen-bond donors (Lipinski definition) is 1. The van der Waals surface area contributed by atoms with Gasteiger partial charge in [-0.05, 0) is 49.1 Å². The Labute approximate surface area is 121 Å². The maximum absolute atomic E-state index is 5.71. The molecule has 19 heavy (non-hydrogen) atoms. The maximum atomic E-state index is 5.71. The highest BCUT2D eigenvalue weighted by Gasteiger charge is 2.06. The third-order valence-electron chi connectivity index (χ3n) is 2.81. The van der Waals surface area contributed by atoms with Crippen LogP contribution >= 0.6 is 11.6 Å². The summed E-state index contributed by atoms with van der Waals surface area (Å²) in [5.74, 6) is 1.63. The molecule has 0 spiro atoms. The third kappa shape index (κ3) is 5.66. The second-order valence-corrected chi connectivity index (χ2v) is 5.51. The van der Waals surface area contributed by atoms with Crippen LogP contribution in [0.4, 0.5) is 0 Å². The molecular formula is C16H24ClNO. The molecule has 0 aromatic heterocycles. The topological polar surface area (TPSA) is 21.3 Å². The first-order valence-electron chi connectivity index (χ1n) is 6.73. The van der Waals surface area contributed by atoms with E-state index in [-0.39, 0.29) is 0 Å². The molecule has 0 aliphatic rings. The molecular weight excluding hydrogens is 258 g/mol. The van der Waals surface area contributed by atoms with Crippen molar-refractivity contribution in [2.24, 2.45) is 5.92 Å². The van der Waals surface area contributed by atoms with Crippen LogP contribution in [0.3, 0.4) is 0 Å². The van der Waals surface area contributed by atoms with Gasteiger partial charge in [-0.3, -0.25) is 0 Å². The predicted molar refractivity (Wildman–Crippen MR) is 82.9 cm³/mol. The second-order valence-electron chi connectivity index (χ2n) is 5.26. The molecule has 0 bridgehead atoms. The SMILES string of the molecule is Cc1cc(CNCC(C)C)cc(C)c1OCC=CCl. The molecule has 3 heteroatoms. The number of rotatable bonds is 7. The van der Waals surface area contributed by atoms with E-state index in [9.17, 15) is 0 Å². The van der Waals surface area contributed by atoms with Crippen molar-refractivity contribution in [3.05, 3.63) is 40.4 Å². The summed E-state index contributed by atoms with van der Waals surface area (Å²) in [5, 5.41) is 3.46. The molecule has 1 aromatic rings. The zero-order valence-electron chi connectivity index (χ0n) is 12.3. The molecule has 0 saturated heterocycles. The quantitative estimate of drug-likeness (QED) is 0.809. The van der Waals surface area contributed by atoms with Gasteiger partial charge < -0.3 is 10.1 Å². The summed E-state index contributed by atoms with van der Waals surface area (Å²) in [6, 6.07) is 4.36. The highest BCUT2D eigenvalue weighted by atomic mass is 35.5. The molecule has 0 saturated carbocycles. The standard InChI is InChI=1S/C16H24ClNO/c1-12(2)10-18-11-15-8-13(3)16(14(4)9-15)19-7-5-6-17/h5-6,8-9,12,18H,7,10-11H2,1-4H3. The van der Waals surface area contributed by atoms with E-state index < -0.39 is 0 Å². The van der Waals surface area contributed by atoms with Crippen LogP contribution in [0.15, 0.2) is 23.7 Å². The zero-order chi connectivity index (χ0) is 14.3. The fraction of sp³-hybridized carbons (Fsp3) is 0.500. The summed E-state index contributed by atoms with van der Waals surface area (Å²) >= 11 is 5.49. The van der Waals surface area contributed by atoms with Gasteiger partial charge in [-0.2, -0.15) is 0 Å². The van der Waals surface area contributed by atoms with Gasteiger partial charge in [0.1, 0.15) is 12.4 Å². The van der Waals surface area contributed by atoms with Gasteiger partial charge in [0.25, 0.3) is 0 Å². The molecule has 0 radical (unpaired) electrons. The van der Waals surface area contributed by atoms with E-state index in [0.29, 0.717) is 12.5 Å². The molecule has 0 atom stereocenters. The average molecular weight is 282 g/mol. The summed E-state index contributed by atoms with van der Waals surface area (Å²) < 4.78 is 5.71. The molecule has 1 aromatic carbocycles. The van der Waals surface area contributed by atoms with Gasteiger partial charge in [0.2, 0.25) is 0 Å². The van der Waals surface area contributed by atoms with E-state index in [4.69, 9.17) is 16.3 Å². The number of halogens is 1. The molecule has 0 unspecified atom stereocenters. The fourth-order valence-electron chi connectivity index (χ4n) is 2.04. The first kappa shape index (κ1) is 16.1. The van der Waals surface area contributed by atoms with Gasteiger partial charge >= 0.3 is 0 Å². The van der Waals surface area contributed by atoms with E-state index >= 15 is 0 Å². The minimum atomic E-state index is 0.510. The number of benzene rings is 1. The van der Waals surface area contributed by atoms with E-state index in [1.165, 1.54) is 22.2 Å². The minimum absolute atomic E-state index is 0.510. The van der Waals surface area contributed by atoms with Gasteiger partial charge in [-0.15, -0.1) is 0 Å². The Morgan fingerprint density at radius 2 is 1.89 bits per heavy atom. The molecule has 0 fully saturated rings. The van der Waals surface area contributed by atoms with E-state index in [0.717, 1.165) is 18.8 Å². The average Bonchev–Trinajstić information content (AvgIpc) is 2.32. The van der Waals surface area contributed by atoms with Crippen LogP contribution in [0.5, 0.6) is 5.75 Å². The highest BCUT2D eigenvalue weighted by molar-refractivity contribution is 6.25. The van der Waals surface area contributed by atoms with Crippen molar-refractivity contribution in [1.82, 2.24) is 5.32 Å². The summed E-state index contributed by atoms with van der Waals surface area (Å²) in [4.78, 5) is 0. The summed E-state index contributed by atoms with van der Waals surface area (Å²) in [6.07, 6.45) is 1.79. The Hall–Kier alpha value is -0.990. The fourth-order valence-corrected chi connectivity index (χ4v) is 2.12. The number of aryl methyl sites for hydroxylation is 2. The number of hydrogen-bond acceptors (Lipinski definition) is 2. The minimum Gasteiger partial charge on any atom is -0.489 e. The molecule has 0 amide bonds. The summed E-state index contributed by atoms with van der Waals surface area (Å²) in [7, 11) is 0. The van der Waals surface area contributed by atoms with Gasteiger partial charge in [-0.25, -0.2) is 0 Å². The van der Waals surface area contributed by atoms with Crippen molar-refractivity contribution in [2.75, 3.05) is 13.2 Å². The van der Waals surface area contributed by atoms with Crippen LogP contribution in [0, 0.1) is 19.8 Å². The van der Waals surface area contributed by atoms with Crippen LogP contribution in [-0.2, 0) is 6.54 Å². The lowest BCUT2D eigenvalue weighted by molar-refractivity contribution is 0.357. The van der Waals surface area contributed by atoms with Crippen molar-refractivity contribution in [3.8, 4) is 5.75 Å². The molecule has 0 heterocycles. The van der Waals surface area contributed by atoms with Crippen LogP contribution in [0.1, 0.15) is 30.5 Å². The zero-order valence-corrected chi connectivity index (χ0v) is 13.1. The van der Waals surface area contributed by atoms with Crippen molar-refractivity contribution in [1.29, 1.82) is 0 Å². The molecule has 0 aliphatic carbocycles. The molecule has 1 N–H and O–H groups in total. The first-order chi connectivity index (χ1) is 9.04. The Bertz CT molecular complexity index is 404. The van der Waals surface area contributed by atoms with E-state index in [1.807, 2.05) is 0 Å². The van der Waals surface area contributed by atoms with Crippen molar-refractivity contribution in [2.45, 2.75) is 34.2 Å². The van der Waals surface area contributed by atoms with Crippen LogP contribution in [0.25, 0.3) is 0 Å². The van der Waals surface area contributed by atoms with Gasteiger partial charge in [0.05, 0.1) is 0 Å². The number of ether oxygens (including phenoxy) is 1. The highest BCUT2D eigenvalue weighted by Crippen LogP contribution is 2.24. The lowest BCUT2D eigenvalue weighted by atomic mass is 10.1. The lowest BCUT2D eigenvalue weighted by Crippen LogP contribution is -2.19. The Kier molecular flexibility index (Phi) is 6.96. The third-order valence-corrected chi connectivity index (χ3v) is 2.99. The lowest BCUT2D eigenvalue weighted by Gasteiger charge is -2.14. The summed E-state index contributed by atoms with van der Waals surface area (Å²) in [6.45, 7) is 11.0. The molecule has 0 aliphatic heterocycles. The Morgan fingerprint density at radius 3 is 2.42 bits per heavy atom. The first-order valence-corrected chi connectivity index (χ1v) is 7.17. The maximum Gasteiger partial charge on any atom is 0.125 e. The van der Waals surface area contributed by atoms with Crippen LogP contribution in [0.2, 0.25) is 0 Å². The van der Waals surface area contributed by atoms with Crippen LogP contribution < -0.4 is 10.1 Å². The smallest absolute Gasteiger partial charge is 0.125 e. The van der Waals surface area contributed by atoms with Crippen molar-refractivity contribution >= 4 is 11.6 Å². The Morgan fingerprint density at radius 1 is 1.26 bits per heavy atom. The normalized spacial score (nSPS) is 11.5. The van der Waals surface area contributed by atoms with Gasteiger partial charge in [0.15, 0.2) is 0 Å². The van der Waals surface area contributed by atoms with E-state index in [2.05, 4.69) is 45.1 Å². The van der Waals surface area contributed by atoms with Crippen LogP contribution in [-0.4, -0.2) is 13.2 Å². The molecule has 1 rings (SSSR count). The predicted octanol–water partition coefficient (Wildman–Crippen LogP) is 4.18. The summed E-state index contributed by atoms with van der Waals surface area (Å²) in [5.41, 5.74) is 5.12. The Balaban J connectivity index is 2.67. The second kappa shape index (κ2) is 8.23. The molecule has 106 valence electrons. The van der Waals surface area contributed by atoms with Crippen molar-refractivity contribution in [3.63, 3.8) is 0 Å².